The van der Waals surface area contributed by atoms with E-state index in [4.69, 9.17) is 14.2 Å². The van der Waals surface area contributed by atoms with Gasteiger partial charge >= 0.3 is 11.7 Å². The topological polar surface area (TPSA) is 135 Å². The third kappa shape index (κ3) is 5.65. The molecule has 0 fully saturated rings. The normalized spacial score (nSPS) is 12.0. The molecule has 0 radical (unpaired) electrons. The highest BCUT2D eigenvalue weighted by Gasteiger charge is 2.27. The lowest BCUT2D eigenvalue weighted by Gasteiger charge is -2.16. The number of aryl methyl sites for hydroxylation is 1. The summed E-state index contributed by atoms with van der Waals surface area (Å²) in [5, 5.41) is 16.4. The van der Waals surface area contributed by atoms with Crippen molar-refractivity contribution < 1.29 is 23.9 Å². The van der Waals surface area contributed by atoms with Gasteiger partial charge in [0.25, 0.3) is 5.56 Å². The SMILES string of the molecule is CCOC(=O)[C@H](C)Oc1c(OC)cc(C=Nn2c(CC)nc3ccc(Br)cc3c2=O)cc1[N+](=O)[O-]. The number of aromatic nitrogens is 2. The van der Waals surface area contributed by atoms with Crippen molar-refractivity contribution in [3.8, 4) is 11.5 Å². The summed E-state index contributed by atoms with van der Waals surface area (Å²) < 4.78 is 17.6. The molecule has 184 valence electrons. The van der Waals surface area contributed by atoms with Gasteiger partial charge in [0.1, 0.15) is 5.82 Å². The van der Waals surface area contributed by atoms with Crippen LogP contribution in [0.5, 0.6) is 11.5 Å². The molecule has 11 nitrogen and oxygen atoms in total. The maximum Gasteiger partial charge on any atom is 0.347 e. The number of carbonyl (C=O) groups is 1. The van der Waals surface area contributed by atoms with Gasteiger partial charge in [-0.3, -0.25) is 14.9 Å². The molecule has 3 rings (SSSR count). The van der Waals surface area contributed by atoms with Gasteiger partial charge in [-0.1, -0.05) is 22.9 Å². The van der Waals surface area contributed by atoms with E-state index in [1.165, 1.54) is 32.4 Å². The molecule has 35 heavy (non-hydrogen) atoms. The first-order valence-corrected chi connectivity index (χ1v) is 11.4. The van der Waals surface area contributed by atoms with Gasteiger partial charge in [-0.15, -0.1) is 0 Å². The Hall–Kier alpha value is -3.80. The highest BCUT2D eigenvalue weighted by atomic mass is 79.9. The van der Waals surface area contributed by atoms with E-state index in [1.54, 1.807) is 25.1 Å². The van der Waals surface area contributed by atoms with Gasteiger partial charge in [0, 0.05) is 22.5 Å². The van der Waals surface area contributed by atoms with Crippen LogP contribution in [0, 0.1) is 10.1 Å². The molecule has 1 heterocycles. The second kappa shape index (κ2) is 11.1. The highest BCUT2D eigenvalue weighted by Crippen LogP contribution is 2.38. The minimum Gasteiger partial charge on any atom is -0.493 e. The summed E-state index contributed by atoms with van der Waals surface area (Å²) in [6.45, 7) is 5.03. The van der Waals surface area contributed by atoms with Crippen LogP contribution in [0.1, 0.15) is 32.2 Å². The lowest BCUT2D eigenvalue weighted by Crippen LogP contribution is -2.26. The molecule has 1 atom stereocenters. The zero-order chi connectivity index (χ0) is 25.7. The summed E-state index contributed by atoms with van der Waals surface area (Å²) in [6, 6.07) is 7.84. The summed E-state index contributed by atoms with van der Waals surface area (Å²) in [7, 11) is 1.31. The van der Waals surface area contributed by atoms with Crippen LogP contribution in [0.3, 0.4) is 0 Å². The summed E-state index contributed by atoms with van der Waals surface area (Å²) in [4.78, 5) is 40.6. The quantitative estimate of drug-likeness (QED) is 0.171. The van der Waals surface area contributed by atoms with Gasteiger partial charge < -0.3 is 14.2 Å². The number of esters is 1. The van der Waals surface area contributed by atoms with Gasteiger partial charge in [0.2, 0.25) is 5.75 Å². The number of hydrogen-bond donors (Lipinski definition) is 0. The number of methoxy groups -OCH3 is 1. The first-order chi connectivity index (χ1) is 16.7. The molecule has 0 saturated heterocycles. The molecule has 0 saturated carbocycles. The van der Waals surface area contributed by atoms with E-state index in [-0.39, 0.29) is 29.2 Å². The lowest BCUT2D eigenvalue weighted by atomic mass is 10.1. The first kappa shape index (κ1) is 25.8. The number of rotatable bonds is 9. The maximum atomic E-state index is 13.1. The second-order valence-electron chi connectivity index (χ2n) is 7.25. The second-order valence-corrected chi connectivity index (χ2v) is 8.16. The standard InChI is InChI=1S/C23H23BrN4O7/c1-5-20-26-17-8-7-15(24)11-16(17)22(29)27(20)25-12-14-9-18(28(31)32)21(19(10-14)33-4)35-13(3)23(30)34-6-2/h7-13H,5-6H2,1-4H3/t13-/m0/s1. The molecule has 1 aromatic heterocycles. The molecule has 0 aliphatic carbocycles. The molecule has 0 amide bonds. The number of benzene rings is 2. The van der Waals surface area contributed by atoms with Gasteiger partial charge in [0.15, 0.2) is 11.9 Å². The number of nitro groups is 1. The number of nitrogens with zero attached hydrogens (tertiary/aromatic N) is 4. The van der Waals surface area contributed by atoms with Crippen LogP contribution < -0.4 is 15.0 Å². The predicted octanol–water partition coefficient (Wildman–Crippen LogP) is 3.85. The predicted molar refractivity (Wildman–Crippen MR) is 132 cm³/mol. The van der Waals surface area contributed by atoms with E-state index in [1.807, 2.05) is 6.92 Å². The molecule has 3 aromatic rings. The Bertz CT molecular complexity index is 1370. The molecule has 0 N–H and O–H groups in total. The van der Waals surface area contributed by atoms with Crippen molar-refractivity contribution in [3.63, 3.8) is 0 Å². The van der Waals surface area contributed by atoms with Gasteiger partial charge in [0.05, 0.1) is 35.8 Å². The van der Waals surface area contributed by atoms with Crippen molar-refractivity contribution in [1.29, 1.82) is 0 Å². The summed E-state index contributed by atoms with van der Waals surface area (Å²) in [6.07, 6.45) is 0.622. The highest BCUT2D eigenvalue weighted by molar-refractivity contribution is 9.10. The van der Waals surface area contributed by atoms with Crippen LogP contribution in [0.2, 0.25) is 0 Å². The Morgan fingerprint density at radius 2 is 2.06 bits per heavy atom. The van der Waals surface area contributed by atoms with Crippen LogP contribution >= 0.6 is 15.9 Å². The number of fused-ring (bicyclic) bond motifs is 1. The van der Waals surface area contributed by atoms with Crippen molar-refractivity contribution in [3.05, 3.63) is 66.7 Å². The van der Waals surface area contributed by atoms with Crippen LogP contribution in [0.4, 0.5) is 5.69 Å². The molecule has 12 heteroatoms. The van der Waals surface area contributed by atoms with E-state index in [0.29, 0.717) is 23.1 Å². The van der Waals surface area contributed by atoms with Crippen molar-refractivity contribution >= 4 is 44.7 Å². The fourth-order valence-electron chi connectivity index (χ4n) is 3.24. The Morgan fingerprint density at radius 3 is 2.69 bits per heavy atom. The summed E-state index contributed by atoms with van der Waals surface area (Å²) in [5.41, 5.74) is -0.0105. The first-order valence-electron chi connectivity index (χ1n) is 10.6. The molecule has 0 aliphatic rings. The third-order valence-electron chi connectivity index (χ3n) is 4.90. The molecular weight excluding hydrogens is 524 g/mol. The minimum absolute atomic E-state index is 0.0143. The molecule has 2 aromatic carbocycles. The number of ether oxygens (including phenoxy) is 3. The maximum absolute atomic E-state index is 13.1. The van der Waals surface area contributed by atoms with Gasteiger partial charge in [-0.2, -0.15) is 9.78 Å². The van der Waals surface area contributed by atoms with Crippen LogP contribution in [-0.4, -0.2) is 46.6 Å². The number of hydrogen-bond acceptors (Lipinski definition) is 9. The van der Waals surface area contributed by atoms with E-state index >= 15 is 0 Å². The monoisotopic (exact) mass is 546 g/mol. The fourth-order valence-corrected chi connectivity index (χ4v) is 3.60. The Balaban J connectivity index is 2.07. The van der Waals surface area contributed by atoms with Crippen molar-refractivity contribution in [2.75, 3.05) is 13.7 Å². The zero-order valence-electron chi connectivity index (χ0n) is 19.5. The number of carbonyl (C=O) groups excluding carboxylic acids is 1. The lowest BCUT2D eigenvalue weighted by molar-refractivity contribution is -0.386. The smallest absolute Gasteiger partial charge is 0.347 e. The number of halogens is 1. The average Bonchev–Trinajstić information content (AvgIpc) is 2.83. The molecule has 0 bridgehead atoms. The summed E-state index contributed by atoms with van der Waals surface area (Å²) >= 11 is 3.35. The van der Waals surface area contributed by atoms with E-state index < -0.39 is 22.7 Å². The van der Waals surface area contributed by atoms with Crippen molar-refractivity contribution in [1.82, 2.24) is 9.66 Å². The van der Waals surface area contributed by atoms with E-state index in [0.717, 1.165) is 9.15 Å². The van der Waals surface area contributed by atoms with Crippen LogP contribution in [0.15, 0.2) is 44.7 Å². The van der Waals surface area contributed by atoms with E-state index in [9.17, 15) is 19.7 Å². The van der Waals surface area contributed by atoms with E-state index in [2.05, 4.69) is 26.0 Å². The third-order valence-corrected chi connectivity index (χ3v) is 5.39. The van der Waals surface area contributed by atoms with Gasteiger partial charge in [-0.05, 0) is 38.1 Å². The Morgan fingerprint density at radius 1 is 1.31 bits per heavy atom. The van der Waals surface area contributed by atoms with Crippen LogP contribution in [-0.2, 0) is 16.0 Å². The van der Waals surface area contributed by atoms with Crippen molar-refractivity contribution in [2.45, 2.75) is 33.3 Å². The Labute approximate surface area is 208 Å². The molecule has 0 unspecified atom stereocenters. The Kier molecular flexibility index (Phi) is 8.18. The number of nitro benzene ring substituents is 1. The van der Waals surface area contributed by atoms with Crippen LogP contribution in [0.25, 0.3) is 10.9 Å². The molecule has 0 aliphatic heterocycles. The fraction of sp³-hybridized carbons (Fsp3) is 0.304. The van der Waals surface area contributed by atoms with Crippen molar-refractivity contribution in [2.24, 2.45) is 5.10 Å². The molecular formula is C23H23BrN4O7. The zero-order valence-corrected chi connectivity index (χ0v) is 21.1. The largest absolute Gasteiger partial charge is 0.493 e. The average molecular weight is 547 g/mol. The van der Waals surface area contributed by atoms with Gasteiger partial charge in [-0.25, -0.2) is 9.78 Å². The molecule has 0 spiro atoms. The summed E-state index contributed by atoms with van der Waals surface area (Å²) in [5.74, 6) is -0.457. The minimum atomic E-state index is -1.10.